The highest BCUT2D eigenvalue weighted by molar-refractivity contribution is 4.72. The maximum absolute atomic E-state index is 5.37. The molecule has 0 aliphatic carbocycles. The highest BCUT2D eigenvalue weighted by Gasteiger charge is 2.16. The second kappa shape index (κ2) is 3.18. The normalized spacial score (nSPS) is 36.7. The van der Waals surface area contributed by atoms with Crippen molar-refractivity contribution in [2.75, 3.05) is 13.7 Å². The Labute approximate surface area is 56.6 Å². The molecule has 0 spiro atoms. The van der Waals surface area contributed by atoms with Gasteiger partial charge in [0.05, 0.1) is 6.10 Å². The lowest BCUT2D eigenvalue weighted by Gasteiger charge is -2.26. The van der Waals surface area contributed by atoms with E-state index in [0.717, 1.165) is 13.0 Å². The lowest BCUT2D eigenvalue weighted by molar-refractivity contribution is 0.0147. The minimum atomic E-state index is 0.455. The molecule has 0 aromatic heterocycles. The van der Waals surface area contributed by atoms with Gasteiger partial charge in [0.1, 0.15) is 0 Å². The zero-order valence-electron chi connectivity index (χ0n) is 6.18. The summed E-state index contributed by atoms with van der Waals surface area (Å²) in [5.41, 5.74) is 0. The van der Waals surface area contributed by atoms with Gasteiger partial charge in [-0.05, 0) is 26.8 Å². The number of nitrogens with one attached hydrogen (secondary N) is 1. The third-order valence-corrected chi connectivity index (χ3v) is 1.89. The molecule has 1 fully saturated rings. The average Bonchev–Trinajstić information content (AvgIpc) is 1.88. The Morgan fingerprint density at radius 2 is 2.33 bits per heavy atom. The summed E-state index contributed by atoms with van der Waals surface area (Å²) in [7, 11) is 2.02. The SMILES string of the molecule is CN[C@H]1CCO[C@H](C)C1. The van der Waals surface area contributed by atoms with Crippen molar-refractivity contribution in [3.05, 3.63) is 0 Å². The van der Waals surface area contributed by atoms with E-state index >= 15 is 0 Å². The number of hydrogen-bond donors (Lipinski definition) is 1. The summed E-state index contributed by atoms with van der Waals surface area (Å²) < 4.78 is 5.37. The standard InChI is InChI=1S/C7H15NO/c1-6-5-7(8-2)3-4-9-6/h6-8H,3-5H2,1-2H3/t6-,7+/m1/s1. The Bertz CT molecular complexity index is 85.0. The maximum atomic E-state index is 5.37. The Morgan fingerprint density at radius 1 is 1.56 bits per heavy atom. The van der Waals surface area contributed by atoms with E-state index in [1.165, 1.54) is 6.42 Å². The highest BCUT2D eigenvalue weighted by atomic mass is 16.5. The Balaban J connectivity index is 2.23. The highest BCUT2D eigenvalue weighted by Crippen LogP contribution is 2.11. The summed E-state index contributed by atoms with van der Waals surface area (Å²) in [6, 6.07) is 0.689. The van der Waals surface area contributed by atoms with Gasteiger partial charge in [0, 0.05) is 12.6 Å². The summed E-state index contributed by atoms with van der Waals surface area (Å²) in [6.45, 7) is 3.05. The summed E-state index contributed by atoms with van der Waals surface area (Å²) in [4.78, 5) is 0. The van der Waals surface area contributed by atoms with Gasteiger partial charge in [-0.1, -0.05) is 0 Å². The van der Waals surface area contributed by atoms with Crippen LogP contribution in [0.25, 0.3) is 0 Å². The second-order valence-electron chi connectivity index (χ2n) is 2.69. The predicted molar refractivity (Wildman–Crippen MR) is 37.5 cm³/mol. The van der Waals surface area contributed by atoms with Crippen molar-refractivity contribution in [2.24, 2.45) is 0 Å². The molecule has 1 aliphatic heterocycles. The van der Waals surface area contributed by atoms with E-state index in [-0.39, 0.29) is 0 Å². The largest absolute Gasteiger partial charge is 0.378 e. The molecule has 54 valence electrons. The third kappa shape index (κ3) is 1.95. The summed E-state index contributed by atoms with van der Waals surface area (Å²) in [5.74, 6) is 0. The van der Waals surface area contributed by atoms with Crippen LogP contribution in [0.15, 0.2) is 0 Å². The summed E-state index contributed by atoms with van der Waals surface area (Å²) in [5, 5.41) is 3.25. The molecule has 0 amide bonds. The van der Waals surface area contributed by atoms with Crippen molar-refractivity contribution < 1.29 is 4.74 Å². The van der Waals surface area contributed by atoms with Crippen LogP contribution in [-0.2, 0) is 4.74 Å². The molecule has 1 aliphatic rings. The molecule has 1 rings (SSSR count). The first-order valence-corrected chi connectivity index (χ1v) is 3.62. The molecule has 9 heavy (non-hydrogen) atoms. The molecular formula is C7H15NO. The van der Waals surface area contributed by atoms with Gasteiger partial charge >= 0.3 is 0 Å². The van der Waals surface area contributed by atoms with Crippen LogP contribution in [0.3, 0.4) is 0 Å². The third-order valence-electron chi connectivity index (χ3n) is 1.89. The molecule has 2 nitrogen and oxygen atoms in total. The first-order chi connectivity index (χ1) is 4.33. The van der Waals surface area contributed by atoms with E-state index in [0.29, 0.717) is 12.1 Å². The van der Waals surface area contributed by atoms with Crippen molar-refractivity contribution in [3.63, 3.8) is 0 Å². The van der Waals surface area contributed by atoms with E-state index in [1.54, 1.807) is 0 Å². The van der Waals surface area contributed by atoms with Gasteiger partial charge in [-0.3, -0.25) is 0 Å². The first kappa shape index (κ1) is 7.03. The van der Waals surface area contributed by atoms with Crippen LogP contribution >= 0.6 is 0 Å². The molecule has 0 unspecified atom stereocenters. The van der Waals surface area contributed by atoms with Crippen molar-refractivity contribution >= 4 is 0 Å². The van der Waals surface area contributed by atoms with Gasteiger partial charge in [0.2, 0.25) is 0 Å². The van der Waals surface area contributed by atoms with Crippen LogP contribution in [0.2, 0.25) is 0 Å². The van der Waals surface area contributed by atoms with Gasteiger partial charge in [-0.2, -0.15) is 0 Å². The fourth-order valence-electron chi connectivity index (χ4n) is 1.26. The molecule has 0 aromatic carbocycles. The van der Waals surface area contributed by atoms with E-state index in [4.69, 9.17) is 4.74 Å². The summed E-state index contributed by atoms with van der Waals surface area (Å²) >= 11 is 0. The van der Waals surface area contributed by atoms with Gasteiger partial charge in [-0.25, -0.2) is 0 Å². The van der Waals surface area contributed by atoms with Crippen LogP contribution in [0.5, 0.6) is 0 Å². The van der Waals surface area contributed by atoms with E-state index in [9.17, 15) is 0 Å². The predicted octanol–water partition coefficient (Wildman–Crippen LogP) is 0.773. The van der Waals surface area contributed by atoms with E-state index in [2.05, 4.69) is 12.2 Å². The smallest absolute Gasteiger partial charge is 0.0561 e. The summed E-state index contributed by atoms with van der Waals surface area (Å²) in [6.07, 6.45) is 2.79. The van der Waals surface area contributed by atoms with Gasteiger partial charge in [0.25, 0.3) is 0 Å². The van der Waals surface area contributed by atoms with Crippen LogP contribution in [0.4, 0.5) is 0 Å². The van der Waals surface area contributed by atoms with Gasteiger partial charge in [-0.15, -0.1) is 0 Å². The zero-order valence-corrected chi connectivity index (χ0v) is 6.18. The Hall–Kier alpha value is -0.0800. The number of rotatable bonds is 1. The Kier molecular flexibility index (Phi) is 2.49. The molecular weight excluding hydrogens is 114 g/mol. The van der Waals surface area contributed by atoms with Crippen LogP contribution < -0.4 is 5.32 Å². The van der Waals surface area contributed by atoms with Crippen molar-refractivity contribution in [1.82, 2.24) is 5.32 Å². The van der Waals surface area contributed by atoms with Crippen molar-refractivity contribution in [3.8, 4) is 0 Å². The molecule has 2 heteroatoms. The first-order valence-electron chi connectivity index (χ1n) is 3.62. The fraction of sp³-hybridized carbons (Fsp3) is 1.00. The average molecular weight is 129 g/mol. The molecule has 1 saturated heterocycles. The molecule has 1 N–H and O–H groups in total. The molecule has 0 bridgehead atoms. The van der Waals surface area contributed by atoms with Crippen LogP contribution in [0, 0.1) is 0 Å². The second-order valence-corrected chi connectivity index (χ2v) is 2.69. The molecule has 0 saturated carbocycles. The van der Waals surface area contributed by atoms with Crippen LogP contribution in [0.1, 0.15) is 19.8 Å². The lowest BCUT2D eigenvalue weighted by atomic mass is 10.1. The fourth-order valence-corrected chi connectivity index (χ4v) is 1.26. The molecule has 0 aromatic rings. The van der Waals surface area contributed by atoms with E-state index in [1.807, 2.05) is 7.05 Å². The zero-order chi connectivity index (χ0) is 6.69. The van der Waals surface area contributed by atoms with Gasteiger partial charge in [0.15, 0.2) is 0 Å². The lowest BCUT2D eigenvalue weighted by Crippen LogP contribution is -2.35. The van der Waals surface area contributed by atoms with Crippen molar-refractivity contribution in [2.45, 2.75) is 31.9 Å². The monoisotopic (exact) mass is 129 g/mol. The Morgan fingerprint density at radius 3 is 2.78 bits per heavy atom. The number of hydrogen-bond acceptors (Lipinski definition) is 2. The molecule has 0 radical (unpaired) electrons. The minimum Gasteiger partial charge on any atom is -0.378 e. The van der Waals surface area contributed by atoms with E-state index < -0.39 is 0 Å². The van der Waals surface area contributed by atoms with Gasteiger partial charge < -0.3 is 10.1 Å². The van der Waals surface area contributed by atoms with Crippen LogP contribution in [-0.4, -0.2) is 25.8 Å². The number of ether oxygens (including phenoxy) is 1. The molecule has 1 heterocycles. The molecule has 2 atom stereocenters. The quantitative estimate of drug-likeness (QED) is 0.564. The topological polar surface area (TPSA) is 21.3 Å². The maximum Gasteiger partial charge on any atom is 0.0561 e. The van der Waals surface area contributed by atoms with Crippen molar-refractivity contribution in [1.29, 1.82) is 0 Å². The minimum absolute atomic E-state index is 0.455.